The lowest BCUT2D eigenvalue weighted by molar-refractivity contribution is -0.143. The SMILES string of the molecule is CCOC(=O)CNC(=O)C(NC(=O)C(Cc1ccccc1)NC(=O)OC(C)(C)C)C(C)C. The molecule has 0 bridgehead atoms. The highest BCUT2D eigenvalue weighted by atomic mass is 16.6. The summed E-state index contributed by atoms with van der Waals surface area (Å²) in [6, 6.07) is 7.31. The lowest BCUT2D eigenvalue weighted by atomic mass is 10.0. The Morgan fingerprint density at radius 3 is 2.12 bits per heavy atom. The minimum atomic E-state index is -0.966. The Hall–Kier alpha value is -3.10. The van der Waals surface area contributed by atoms with E-state index in [1.54, 1.807) is 41.5 Å². The maximum absolute atomic E-state index is 13.1. The first-order valence-electron chi connectivity index (χ1n) is 10.7. The molecular weight excluding hydrogens is 414 g/mol. The summed E-state index contributed by atoms with van der Waals surface area (Å²) in [5.74, 6) is -1.88. The highest BCUT2D eigenvalue weighted by Crippen LogP contribution is 2.10. The summed E-state index contributed by atoms with van der Waals surface area (Å²) in [6.07, 6.45) is -0.525. The van der Waals surface area contributed by atoms with Crippen LogP contribution in [0.25, 0.3) is 0 Å². The third-order valence-electron chi connectivity index (χ3n) is 4.25. The number of carbonyl (C=O) groups excluding carboxylic acids is 4. The predicted molar refractivity (Wildman–Crippen MR) is 120 cm³/mol. The fourth-order valence-corrected chi connectivity index (χ4v) is 2.78. The van der Waals surface area contributed by atoms with Gasteiger partial charge in [0.1, 0.15) is 24.2 Å². The van der Waals surface area contributed by atoms with Gasteiger partial charge < -0.3 is 25.4 Å². The summed E-state index contributed by atoms with van der Waals surface area (Å²) >= 11 is 0. The molecule has 1 aromatic rings. The average molecular weight is 450 g/mol. The Kier molecular flexibility index (Phi) is 10.7. The topological polar surface area (TPSA) is 123 Å². The number of amides is 3. The Labute approximate surface area is 189 Å². The van der Waals surface area contributed by atoms with Gasteiger partial charge in [-0.25, -0.2) is 4.79 Å². The Bertz CT molecular complexity index is 774. The van der Waals surface area contributed by atoms with Gasteiger partial charge in [0.25, 0.3) is 0 Å². The van der Waals surface area contributed by atoms with Crippen LogP contribution in [0.4, 0.5) is 4.79 Å². The first kappa shape index (κ1) is 26.9. The summed E-state index contributed by atoms with van der Waals surface area (Å²) in [7, 11) is 0. The van der Waals surface area contributed by atoms with Crippen LogP contribution < -0.4 is 16.0 Å². The van der Waals surface area contributed by atoms with Crippen LogP contribution >= 0.6 is 0 Å². The molecule has 1 rings (SSSR count). The van der Waals surface area contributed by atoms with Gasteiger partial charge in [-0.1, -0.05) is 44.2 Å². The monoisotopic (exact) mass is 449 g/mol. The van der Waals surface area contributed by atoms with Crippen LogP contribution in [0.2, 0.25) is 0 Å². The molecule has 3 amide bonds. The molecule has 178 valence electrons. The van der Waals surface area contributed by atoms with Crippen molar-refractivity contribution in [1.82, 2.24) is 16.0 Å². The van der Waals surface area contributed by atoms with Crippen molar-refractivity contribution in [3.63, 3.8) is 0 Å². The van der Waals surface area contributed by atoms with Crippen molar-refractivity contribution < 1.29 is 28.7 Å². The molecule has 32 heavy (non-hydrogen) atoms. The van der Waals surface area contributed by atoms with E-state index in [4.69, 9.17) is 9.47 Å². The molecule has 0 heterocycles. The predicted octanol–water partition coefficient (Wildman–Crippen LogP) is 1.94. The molecular formula is C23H35N3O6. The van der Waals surface area contributed by atoms with E-state index in [0.29, 0.717) is 0 Å². The van der Waals surface area contributed by atoms with Crippen molar-refractivity contribution in [2.45, 2.75) is 65.6 Å². The molecule has 2 unspecified atom stereocenters. The molecule has 0 aliphatic rings. The van der Waals surface area contributed by atoms with Crippen LogP contribution in [0, 0.1) is 5.92 Å². The van der Waals surface area contributed by atoms with E-state index in [1.165, 1.54) is 0 Å². The van der Waals surface area contributed by atoms with E-state index >= 15 is 0 Å². The second-order valence-corrected chi connectivity index (χ2v) is 8.64. The van der Waals surface area contributed by atoms with E-state index in [9.17, 15) is 19.2 Å². The van der Waals surface area contributed by atoms with Gasteiger partial charge in [-0.05, 0) is 39.2 Å². The molecule has 0 spiro atoms. The third-order valence-corrected chi connectivity index (χ3v) is 4.25. The molecule has 0 saturated carbocycles. The number of hydrogen-bond donors (Lipinski definition) is 3. The van der Waals surface area contributed by atoms with Gasteiger partial charge in [-0.15, -0.1) is 0 Å². The third kappa shape index (κ3) is 10.3. The molecule has 3 N–H and O–H groups in total. The van der Waals surface area contributed by atoms with Crippen molar-refractivity contribution in [3.05, 3.63) is 35.9 Å². The maximum Gasteiger partial charge on any atom is 0.408 e. The van der Waals surface area contributed by atoms with Crippen molar-refractivity contribution in [2.75, 3.05) is 13.2 Å². The van der Waals surface area contributed by atoms with E-state index < -0.39 is 41.6 Å². The number of nitrogens with one attached hydrogen (secondary N) is 3. The smallest absolute Gasteiger partial charge is 0.408 e. The van der Waals surface area contributed by atoms with Gasteiger partial charge in [0.15, 0.2) is 0 Å². The summed E-state index contributed by atoms with van der Waals surface area (Å²) in [5, 5.41) is 7.75. The number of carbonyl (C=O) groups is 4. The summed E-state index contributed by atoms with van der Waals surface area (Å²) in [6.45, 7) is 10.3. The zero-order valence-corrected chi connectivity index (χ0v) is 19.7. The van der Waals surface area contributed by atoms with E-state index in [0.717, 1.165) is 5.56 Å². The summed E-state index contributed by atoms with van der Waals surface area (Å²) in [4.78, 5) is 49.5. The Balaban J connectivity index is 2.93. The number of ether oxygens (including phenoxy) is 2. The Morgan fingerprint density at radius 2 is 1.59 bits per heavy atom. The van der Waals surface area contributed by atoms with Gasteiger partial charge in [0.2, 0.25) is 11.8 Å². The molecule has 0 saturated heterocycles. The number of benzene rings is 1. The standard InChI is InChI=1S/C23H35N3O6/c1-7-31-18(27)14-24-21(29)19(15(2)3)26-20(28)17(13-16-11-9-8-10-12-16)25-22(30)32-23(4,5)6/h8-12,15,17,19H,7,13-14H2,1-6H3,(H,24,29)(H,25,30)(H,26,28). The zero-order valence-electron chi connectivity index (χ0n) is 19.7. The van der Waals surface area contributed by atoms with Crippen molar-refractivity contribution in [1.29, 1.82) is 0 Å². The maximum atomic E-state index is 13.1. The van der Waals surface area contributed by atoms with Gasteiger partial charge in [-0.2, -0.15) is 0 Å². The van der Waals surface area contributed by atoms with Crippen LogP contribution in [0.1, 0.15) is 47.1 Å². The minimum Gasteiger partial charge on any atom is -0.465 e. The van der Waals surface area contributed by atoms with Crippen molar-refractivity contribution in [2.24, 2.45) is 5.92 Å². The van der Waals surface area contributed by atoms with E-state index in [-0.39, 0.29) is 25.5 Å². The molecule has 0 radical (unpaired) electrons. The quantitative estimate of drug-likeness (QED) is 0.469. The molecule has 2 atom stereocenters. The average Bonchev–Trinajstić information content (AvgIpc) is 2.69. The summed E-state index contributed by atoms with van der Waals surface area (Å²) < 4.78 is 10.1. The van der Waals surface area contributed by atoms with E-state index in [2.05, 4.69) is 16.0 Å². The van der Waals surface area contributed by atoms with Gasteiger partial charge in [0.05, 0.1) is 6.61 Å². The van der Waals surface area contributed by atoms with Crippen molar-refractivity contribution >= 4 is 23.9 Å². The molecule has 1 aromatic carbocycles. The van der Waals surface area contributed by atoms with Crippen LogP contribution in [-0.2, 0) is 30.3 Å². The number of esters is 1. The van der Waals surface area contributed by atoms with Crippen LogP contribution in [0.5, 0.6) is 0 Å². The Morgan fingerprint density at radius 1 is 0.969 bits per heavy atom. The van der Waals surface area contributed by atoms with Crippen molar-refractivity contribution in [3.8, 4) is 0 Å². The van der Waals surface area contributed by atoms with Crippen LogP contribution in [0.3, 0.4) is 0 Å². The van der Waals surface area contributed by atoms with Gasteiger partial charge in [-0.3, -0.25) is 14.4 Å². The number of rotatable bonds is 10. The van der Waals surface area contributed by atoms with E-state index in [1.807, 2.05) is 30.3 Å². The first-order chi connectivity index (χ1) is 14.9. The molecule has 0 aliphatic carbocycles. The molecule has 0 aliphatic heterocycles. The van der Waals surface area contributed by atoms with Gasteiger partial charge >= 0.3 is 12.1 Å². The minimum absolute atomic E-state index is 0.205. The molecule has 9 heteroatoms. The molecule has 9 nitrogen and oxygen atoms in total. The summed E-state index contributed by atoms with van der Waals surface area (Å²) in [5.41, 5.74) is 0.0993. The number of alkyl carbamates (subject to hydrolysis) is 1. The van der Waals surface area contributed by atoms with Crippen LogP contribution in [0.15, 0.2) is 30.3 Å². The molecule has 0 fully saturated rings. The number of hydrogen-bond acceptors (Lipinski definition) is 6. The highest BCUT2D eigenvalue weighted by molar-refractivity contribution is 5.92. The lowest BCUT2D eigenvalue weighted by Gasteiger charge is -2.26. The normalized spacial score (nSPS) is 13.0. The zero-order chi connectivity index (χ0) is 24.3. The van der Waals surface area contributed by atoms with Gasteiger partial charge in [0, 0.05) is 6.42 Å². The lowest BCUT2D eigenvalue weighted by Crippen LogP contribution is -2.56. The largest absolute Gasteiger partial charge is 0.465 e. The highest BCUT2D eigenvalue weighted by Gasteiger charge is 2.30. The van der Waals surface area contributed by atoms with Crippen LogP contribution in [-0.4, -0.2) is 54.7 Å². The second-order valence-electron chi connectivity index (χ2n) is 8.64. The fraction of sp³-hybridized carbons (Fsp3) is 0.565. The molecule has 0 aromatic heterocycles. The first-order valence-corrected chi connectivity index (χ1v) is 10.7. The second kappa shape index (κ2) is 12.7. The fourth-order valence-electron chi connectivity index (χ4n) is 2.78.